The van der Waals surface area contributed by atoms with Gasteiger partial charge in [-0.2, -0.15) is 0 Å². The molecule has 5 heteroatoms. The topological polar surface area (TPSA) is 43.3 Å². The molecule has 0 amide bonds. The van der Waals surface area contributed by atoms with Gasteiger partial charge in [0.1, 0.15) is 0 Å². The van der Waals surface area contributed by atoms with Crippen molar-refractivity contribution in [2.45, 2.75) is 13.0 Å². The summed E-state index contributed by atoms with van der Waals surface area (Å²) in [5.74, 6) is -0.197. The van der Waals surface area contributed by atoms with Gasteiger partial charge in [0, 0.05) is 22.1 Å². The van der Waals surface area contributed by atoms with E-state index >= 15 is 0 Å². The van der Waals surface area contributed by atoms with Crippen molar-refractivity contribution in [1.29, 1.82) is 0 Å². The molecule has 0 aliphatic carbocycles. The van der Waals surface area contributed by atoms with E-state index in [-0.39, 0.29) is 5.97 Å². The van der Waals surface area contributed by atoms with Crippen LogP contribution in [0.3, 0.4) is 0 Å². The number of carbonyl (C=O) groups is 1. The lowest BCUT2D eigenvalue weighted by atomic mass is 10.3. The largest absolute Gasteiger partial charge is 0.469 e. The summed E-state index contributed by atoms with van der Waals surface area (Å²) in [5, 5.41) is 0. The number of nitrogens with zero attached hydrogens (tertiary/aromatic N) is 1. The first-order chi connectivity index (χ1) is 8.28. The van der Waals surface area contributed by atoms with Crippen LogP contribution in [0.2, 0.25) is 0 Å². The van der Waals surface area contributed by atoms with Crippen molar-refractivity contribution >= 4 is 17.3 Å². The number of rotatable bonds is 5. The number of carbonyl (C=O) groups excluding carboxylic acids is 1. The second-order valence-electron chi connectivity index (χ2n) is 3.55. The Hall–Kier alpha value is -1.75. The third-order valence-electron chi connectivity index (χ3n) is 2.30. The third kappa shape index (κ3) is 3.35. The maximum absolute atomic E-state index is 11.1. The molecular formula is C12H14N2O2S. The average molecular weight is 250 g/mol. The van der Waals surface area contributed by atoms with Crippen LogP contribution in [0.4, 0.5) is 0 Å². The zero-order valence-electron chi connectivity index (χ0n) is 9.55. The number of esters is 1. The zero-order chi connectivity index (χ0) is 12.1. The van der Waals surface area contributed by atoms with Gasteiger partial charge in [0.25, 0.3) is 0 Å². The Balaban J connectivity index is 1.88. The summed E-state index contributed by atoms with van der Waals surface area (Å²) in [6.45, 7) is 0.751. The minimum absolute atomic E-state index is 0.197. The van der Waals surface area contributed by atoms with Crippen molar-refractivity contribution in [3.63, 3.8) is 0 Å². The van der Waals surface area contributed by atoms with Gasteiger partial charge in [0.05, 0.1) is 20.1 Å². The van der Waals surface area contributed by atoms with Gasteiger partial charge in [0.15, 0.2) is 0 Å². The summed E-state index contributed by atoms with van der Waals surface area (Å²) >= 11 is 1.62. The highest BCUT2D eigenvalue weighted by Gasteiger charge is 2.05. The van der Waals surface area contributed by atoms with Crippen molar-refractivity contribution in [2.24, 2.45) is 0 Å². The van der Waals surface area contributed by atoms with E-state index in [1.54, 1.807) is 11.3 Å². The lowest BCUT2D eigenvalue weighted by Crippen LogP contribution is -2.10. The lowest BCUT2D eigenvalue weighted by molar-refractivity contribution is -0.139. The summed E-state index contributed by atoms with van der Waals surface area (Å²) in [4.78, 5) is 13.3. The number of aromatic nitrogens is 1. The van der Waals surface area contributed by atoms with Crippen LogP contribution in [-0.2, 0) is 22.5 Å². The average Bonchev–Trinajstić information content (AvgIpc) is 2.97. The van der Waals surface area contributed by atoms with E-state index in [9.17, 15) is 4.79 Å². The highest BCUT2D eigenvalue weighted by atomic mass is 32.1. The quantitative estimate of drug-likeness (QED) is 0.825. The third-order valence-corrected chi connectivity index (χ3v) is 3.39. The van der Waals surface area contributed by atoms with Crippen LogP contribution in [0.1, 0.15) is 9.75 Å². The summed E-state index contributed by atoms with van der Waals surface area (Å²) in [6.07, 6.45) is 4.25. The van der Waals surface area contributed by atoms with E-state index in [4.69, 9.17) is 0 Å². The summed E-state index contributed by atoms with van der Waals surface area (Å²) in [6, 6.07) is 7.92. The van der Waals surface area contributed by atoms with Crippen LogP contribution in [0.5, 0.6) is 0 Å². The molecule has 90 valence electrons. The molecule has 0 aliphatic heterocycles. The number of thiophene rings is 1. The van der Waals surface area contributed by atoms with Gasteiger partial charge in [-0.15, -0.1) is 11.3 Å². The Labute approximate surface area is 104 Å². The molecule has 0 spiro atoms. The van der Waals surface area contributed by atoms with E-state index in [1.165, 1.54) is 12.0 Å². The molecule has 0 radical (unpaired) electrons. The molecule has 17 heavy (non-hydrogen) atoms. The van der Waals surface area contributed by atoms with Crippen LogP contribution < -0.4 is 5.43 Å². The molecule has 2 heterocycles. The highest BCUT2D eigenvalue weighted by Crippen LogP contribution is 2.17. The summed E-state index contributed by atoms with van der Waals surface area (Å²) < 4.78 is 6.53. The second-order valence-corrected chi connectivity index (χ2v) is 4.80. The predicted octanol–water partition coefficient (Wildman–Crippen LogP) is 2.01. The number of hydrogen-bond donors (Lipinski definition) is 1. The Morgan fingerprint density at radius 3 is 2.76 bits per heavy atom. The first-order valence-electron chi connectivity index (χ1n) is 5.29. The van der Waals surface area contributed by atoms with Crippen molar-refractivity contribution in [2.75, 3.05) is 12.5 Å². The fraction of sp³-hybridized carbons (Fsp3) is 0.250. The standard InChI is InChI=1S/C12H14N2O2S/c1-16-12(15)8-10-4-5-11(17-10)9-13-14-6-2-3-7-14/h2-7,13H,8-9H2,1H3. The minimum atomic E-state index is -0.197. The number of hydrogen-bond acceptors (Lipinski definition) is 4. The Morgan fingerprint density at radius 2 is 2.06 bits per heavy atom. The molecule has 2 aromatic heterocycles. The highest BCUT2D eigenvalue weighted by molar-refractivity contribution is 7.12. The molecule has 0 unspecified atom stereocenters. The van der Waals surface area contributed by atoms with Crippen LogP contribution >= 0.6 is 11.3 Å². The van der Waals surface area contributed by atoms with Gasteiger partial charge in [-0.1, -0.05) is 0 Å². The van der Waals surface area contributed by atoms with Crippen LogP contribution in [0, 0.1) is 0 Å². The molecule has 0 saturated heterocycles. The summed E-state index contributed by atoms with van der Waals surface area (Å²) in [7, 11) is 1.41. The Morgan fingerprint density at radius 1 is 1.35 bits per heavy atom. The molecule has 0 aromatic carbocycles. The molecule has 0 saturated carbocycles. The smallest absolute Gasteiger partial charge is 0.310 e. The molecule has 0 fully saturated rings. The van der Waals surface area contributed by atoms with Crippen molar-refractivity contribution < 1.29 is 9.53 Å². The molecule has 2 rings (SSSR count). The fourth-order valence-electron chi connectivity index (χ4n) is 1.44. The molecule has 1 N–H and O–H groups in total. The van der Waals surface area contributed by atoms with Crippen LogP contribution in [0.15, 0.2) is 36.7 Å². The van der Waals surface area contributed by atoms with E-state index in [1.807, 2.05) is 41.3 Å². The van der Waals surface area contributed by atoms with Gasteiger partial charge in [0.2, 0.25) is 0 Å². The van der Waals surface area contributed by atoms with Crippen molar-refractivity contribution in [1.82, 2.24) is 4.68 Å². The minimum Gasteiger partial charge on any atom is -0.469 e. The maximum atomic E-state index is 11.1. The fourth-order valence-corrected chi connectivity index (χ4v) is 2.37. The molecule has 0 atom stereocenters. The van der Waals surface area contributed by atoms with Crippen LogP contribution in [-0.4, -0.2) is 17.8 Å². The molecule has 2 aromatic rings. The monoisotopic (exact) mass is 250 g/mol. The van der Waals surface area contributed by atoms with Gasteiger partial charge in [-0.05, 0) is 24.3 Å². The summed E-state index contributed by atoms with van der Waals surface area (Å²) in [5.41, 5.74) is 3.23. The SMILES string of the molecule is COC(=O)Cc1ccc(CNn2cccc2)s1. The van der Waals surface area contributed by atoms with E-state index in [2.05, 4.69) is 10.2 Å². The predicted molar refractivity (Wildman–Crippen MR) is 67.5 cm³/mol. The van der Waals surface area contributed by atoms with Crippen molar-refractivity contribution in [3.05, 3.63) is 46.4 Å². The zero-order valence-corrected chi connectivity index (χ0v) is 10.4. The normalized spacial score (nSPS) is 10.2. The first-order valence-corrected chi connectivity index (χ1v) is 6.11. The van der Waals surface area contributed by atoms with Gasteiger partial charge in [-0.3, -0.25) is 9.47 Å². The number of nitrogens with one attached hydrogen (secondary N) is 1. The molecule has 0 bridgehead atoms. The van der Waals surface area contributed by atoms with Gasteiger partial charge in [-0.25, -0.2) is 0 Å². The van der Waals surface area contributed by atoms with Gasteiger partial charge >= 0.3 is 5.97 Å². The Bertz CT molecular complexity index is 476. The van der Waals surface area contributed by atoms with Crippen LogP contribution in [0.25, 0.3) is 0 Å². The first kappa shape index (κ1) is 11.7. The Kier molecular flexibility index (Phi) is 3.82. The van der Waals surface area contributed by atoms with E-state index in [0.29, 0.717) is 6.42 Å². The molecule has 0 aliphatic rings. The molecular weight excluding hydrogens is 236 g/mol. The van der Waals surface area contributed by atoms with Crippen molar-refractivity contribution in [3.8, 4) is 0 Å². The van der Waals surface area contributed by atoms with E-state index < -0.39 is 0 Å². The number of methoxy groups -OCH3 is 1. The number of ether oxygens (including phenoxy) is 1. The molecule has 4 nitrogen and oxygen atoms in total. The van der Waals surface area contributed by atoms with Gasteiger partial charge < -0.3 is 10.2 Å². The lowest BCUT2D eigenvalue weighted by Gasteiger charge is -2.04. The second kappa shape index (κ2) is 5.54. The van der Waals surface area contributed by atoms with E-state index in [0.717, 1.165) is 11.4 Å². The maximum Gasteiger partial charge on any atom is 0.310 e.